The van der Waals surface area contributed by atoms with Gasteiger partial charge in [0.25, 0.3) is 0 Å². The zero-order valence-corrected chi connectivity index (χ0v) is 19.3. The van der Waals surface area contributed by atoms with Crippen LogP contribution in [0.15, 0.2) is 24.4 Å². The minimum Gasteiger partial charge on any atom is -0.321 e. The summed E-state index contributed by atoms with van der Waals surface area (Å²) < 4.78 is 57.8. The Morgan fingerprint density at radius 3 is 2.55 bits per heavy atom. The van der Waals surface area contributed by atoms with Crippen LogP contribution in [0.4, 0.5) is 8.78 Å². The zero-order chi connectivity index (χ0) is 23.2. The molecule has 2 aromatic heterocycles. The second-order valence-corrected chi connectivity index (χ2v) is 11.1. The SMILES string of the molecule is CC(NS(=O)(=O)CC1CCCCC1)c1cc(-c2nc3cc(F)c(F)cc3n2C2CC2)cnn1. The van der Waals surface area contributed by atoms with Crippen LogP contribution in [-0.4, -0.2) is 33.9 Å². The third kappa shape index (κ3) is 4.77. The van der Waals surface area contributed by atoms with Crippen LogP contribution in [0.5, 0.6) is 0 Å². The van der Waals surface area contributed by atoms with Crippen molar-refractivity contribution in [2.24, 2.45) is 5.92 Å². The summed E-state index contributed by atoms with van der Waals surface area (Å²) in [6, 6.07) is 3.62. The summed E-state index contributed by atoms with van der Waals surface area (Å²) >= 11 is 0. The van der Waals surface area contributed by atoms with Gasteiger partial charge in [0, 0.05) is 23.7 Å². The van der Waals surface area contributed by atoms with Crippen molar-refractivity contribution in [3.05, 3.63) is 41.7 Å². The highest BCUT2D eigenvalue weighted by atomic mass is 32.2. The number of aromatic nitrogens is 4. The number of sulfonamides is 1. The average molecular weight is 476 g/mol. The van der Waals surface area contributed by atoms with Crippen molar-refractivity contribution in [2.45, 2.75) is 64.0 Å². The van der Waals surface area contributed by atoms with E-state index in [9.17, 15) is 17.2 Å². The van der Waals surface area contributed by atoms with E-state index >= 15 is 0 Å². The quantitative estimate of drug-likeness (QED) is 0.537. The summed E-state index contributed by atoms with van der Waals surface area (Å²) in [5.41, 5.74) is 2.00. The Bertz CT molecular complexity index is 1280. The molecule has 2 aliphatic carbocycles. The van der Waals surface area contributed by atoms with Gasteiger partial charge in [-0.2, -0.15) is 10.2 Å². The largest absolute Gasteiger partial charge is 0.321 e. The van der Waals surface area contributed by atoms with E-state index in [2.05, 4.69) is 19.9 Å². The summed E-state index contributed by atoms with van der Waals surface area (Å²) in [7, 11) is -3.47. The highest BCUT2D eigenvalue weighted by molar-refractivity contribution is 7.89. The van der Waals surface area contributed by atoms with Gasteiger partial charge in [0.15, 0.2) is 11.6 Å². The van der Waals surface area contributed by atoms with Crippen molar-refractivity contribution in [3.63, 3.8) is 0 Å². The first-order valence-corrected chi connectivity index (χ1v) is 13.2. The minimum atomic E-state index is -3.47. The Morgan fingerprint density at radius 2 is 1.82 bits per heavy atom. The van der Waals surface area contributed by atoms with Crippen LogP contribution >= 0.6 is 0 Å². The Morgan fingerprint density at radius 1 is 1.09 bits per heavy atom. The molecule has 0 bridgehead atoms. The van der Waals surface area contributed by atoms with Gasteiger partial charge in [0.05, 0.1) is 34.7 Å². The van der Waals surface area contributed by atoms with Gasteiger partial charge < -0.3 is 4.57 Å². The van der Waals surface area contributed by atoms with E-state index < -0.39 is 27.7 Å². The van der Waals surface area contributed by atoms with E-state index in [1.165, 1.54) is 12.5 Å². The smallest absolute Gasteiger partial charge is 0.212 e. The van der Waals surface area contributed by atoms with E-state index in [-0.39, 0.29) is 17.7 Å². The predicted octanol–water partition coefficient (Wildman–Crippen LogP) is 4.67. The number of benzene rings is 1. The Hall–Kier alpha value is -2.46. The molecule has 7 nitrogen and oxygen atoms in total. The van der Waals surface area contributed by atoms with Gasteiger partial charge >= 0.3 is 0 Å². The molecule has 1 atom stereocenters. The summed E-state index contributed by atoms with van der Waals surface area (Å²) in [4.78, 5) is 4.55. The van der Waals surface area contributed by atoms with Gasteiger partial charge in [-0.15, -0.1) is 0 Å². The average Bonchev–Trinajstić information content (AvgIpc) is 3.55. The first-order chi connectivity index (χ1) is 15.8. The third-order valence-electron chi connectivity index (χ3n) is 6.56. The molecule has 2 aliphatic rings. The fourth-order valence-electron chi connectivity index (χ4n) is 4.76. The second-order valence-electron chi connectivity index (χ2n) is 9.29. The van der Waals surface area contributed by atoms with Gasteiger partial charge in [0.2, 0.25) is 10.0 Å². The van der Waals surface area contributed by atoms with Crippen LogP contribution in [0.2, 0.25) is 0 Å². The van der Waals surface area contributed by atoms with Crippen molar-refractivity contribution in [3.8, 4) is 11.4 Å². The van der Waals surface area contributed by atoms with Crippen LogP contribution in [-0.2, 0) is 10.0 Å². The number of rotatable bonds is 7. The number of hydrogen-bond donors (Lipinski definition) is 1. The first kappa shape index (κ1) is 22.3. The molecule has 0 saturated heterocycles. The highest BCUT2D eigenvalue weighted by Crippen LogP contribution is 2.41. The minimum absolute atomic E-state index is 0.124. The molecule has 2 saturated carbocycles. The fourth-order valence-corrected chi connectivity index (χ4v) is 6.46. The lowest BCUT2D eigenvalue weighted by atomic mass is 9.91. The molecule has 1 aromatic carbocycles. The van der Waals surface area contributed by atoms with Gasteiger partial charge in [-0.05, 0) is 44.6 Å². The first-order valence-electron chi connectivity index (χ1n) is 11.5. The predicted molar refractivity (Wildman–Crippen MR) is 121 cm³/mol. The summed E-state index contributed by atoms with van der Waals surface area (Å²) in [5, 5.41) is 8.20. The molecule has 0 radical (unpaired) electrons. The van der Waals surface area contributed by atoms with E-state index in [0.29, 0.717) is 28.1 Å². The molecular formula is C23H27F2N5O2S. The monoisotopic (exact) mass is 475 g/mol. The zero-order valence-electron chi connectivity index (χ0n) is 18.5. The van der Waals surface area contributed by atoms with Crippen LogP contribution < -0.4 is 4.72 Å². The number of nitrogens with zero attached hydrogens (tertiary/aromatic N) is 4. The Balaban J connectivity index is 1.42. The molecular weight excluding hydrogens is 448 g/mol. The summed E-state index contributed by atoms with van der Waals surface area (Å²) in [5.74, 6) is -0.987. The molecule has 0 aliphatic heterocycles. The second kappa shape index (κ2) is 8.72. The van der Waals surface area contributed by atoms with Crippen LogP contribution in [0.3, 0.4) is 0 Å². The van der Waals surface area contributed by atoms with E-state index in [1.807, 2.05) is 4.57 Å². The molecule has 0 spiro atoms. The van der Waals surface area contributed by atoms with Crippen LogP contribution in [0, 0.1) is 17.6 Å². The normalized spacial score (nSPS) is 18.6. The lowest BCUT2D eigenvalue weighted by Crippen LogP contribution is -2.33. The Kier molecular flexibility index (Phi) is 5.90. The van der Waals surface area contributed by atoms with Gasteiger partial charge in [0.1, 0.15) is 5.82 Å². The maximum Gasteiger partial charge on any atom is 0.212 e. The maximum atomic E-state index is 13.9. The van der Waals surface area contributed by atoms with E-state index in [0.717, 1.165) is 44.6 Å². The van der Waals surface area contributed by atoms with Gasteiger partial charge in [-0.1, -0.05) is 19.3 Å². The van der Waals surface area contributed by atoms with E-state index in [1.54, 1.807) is 19.2 Å². The standard InChI is InChI=1S/C23H27F2N5O2S/c1-14(29-33(31,32)13-15-5-3-2-4-6-15)20-9-16(12-26-28-20)23-27-21-10-18(24)19(25)11-22(21)30(23)17-7-8-17/h9-12,14-15,17,29H,2-8,13H2,1H3. The van der Waals surface area contributed by atoms with Gasteiger partial charge in [-0.3, -0.25) is 0 Å². The maximum absolute atomic E-state index is 13.9. The molecule has 176 valence electrons. The number of nitrogens with one attached hydrogen (secondary N) is 1. The molecule has 33 heavy (non-hydrogen) atoms. The lowest BCUT2D eigenvalue weighted by Gasteiger charge is -2.22. The van der Waals surface area contributed by atoms with E-state index in [4.69, 9.17) is 0 Å². The highest BCUT2D eigenvalue weighted by Gasteiger charge is 2.30. The molecule has 1 N–H and O–H groups in total. The summed E-state index contributed by atoms with van der Waals surface area (Å²) in [6.07, 6.45) is 8.64. The Labute approximate surface area is 191 Å². The number of fused-ring (bicyclic) bond motifs is 1. The lowest BCUT2D eigenvalue weighted by molar-refractivity contribution is 0.383. The molecule has 3 aromatic rings. The fraction of sp³-hybridized carbons (Fsp3) is 0.522. The van der Waals surface area contributed by atoms with Gasteiger partial charge in [-0.25, -0.2) is 26.9 Å². The van der Waals surface area contributed by atoms with Crippen LogP contribution in [0.25, 0.3) is 22.4 Å². The molecule has 1 unspecified atom stereocenters. The van der Waals surface area contributed by atoms with Crippen molar-refractivity contribution < 1.29 is 17.2 Å². The van der Waals surface area contributed by atoms with Crippen molar-refractivity contribution in [1.82, 2.24) is 24.5 Å². The summed E-state index contributed by atoms with van der Waals surface area (Å²) in [6.45, 7) is 1.74. The topological polar surface area (TPSA) is 89.8 Å². The molecule has 5 rings (SSSR count). The van der Waals surface area contributed by atoms with Crippen LogP contribution in [0.1, 0.15) is 69.6 Å². The number of imidazole rings is 1. The molecule has 2 fully saturated rings. The van der Waals surface area contributed by atoms with Crippen molar-refractivity contribution in [1.29, 1.82) is 0 Å². The molecule has 10 heteroatoms. The third-order valence-corrected chi connectivity index (χ3v) is 8.18. The van der Waals surface area contributed by atoms with Crippen molar-refractivity contribution >= 4 is 21.1 Å². The number of halogens is 2. The number of hydrogen-bond acceptors (Lipinski definition) is 5. The van der Waals surface area contributed by atoms with Crippen molar-refractivity contribution in [2.75, 3.05) is 5.75 Å². The molecule has 2 heterocycles. The molecule has 0 amide bonds.